The number of rotatable bonds is 13. The molecule has 0 bridgehead atoms. The van der Waals surface area contributed by atoms with E-state index < -0.39 is 41.6 Å². The molecule has 2 aromatic carbocycles. The topological polar surface area (TPSA) is 44.8 Å². The van der Waals surface area contributed by atoms with Crippen molar-refractivity contribution in [1.29, 1.82) is 0 Å². The van der Waals surface area contributed by atoms with Gasteiger partial charge in [-0.25, -0.2) is 4.79 Å². The molecule has 2 aromatic rings. The average Bonchev–Trinajstić information content (AvgIpc) is 2.84. The summed E-state index contributed by atoms with van der Waals surface area (Å²) in [5, 5.41) is 0. The van der Waals surface area contributed by atoms with Crippen molar-refractivity contribution in [2.75, 3.05) is 13.2 Å². The minimum atomic E-state index is -5.02. The van der Waals surface area contributed by atoms with Gasteiger partial charge in [0, 0.05) is 6.42 Å². The third kappa shape index (κ3) is 9.75. The summed E-state index contributed by atoms with van der Waals surface area (Å²) in [5.41, 5.74) is -3.55. The number of hydrogen-bond donors (Lipinski definition) is 0. The summed E-state index contributed by atoms with van der Waals surface area (Å²) in [6, 6.07) is 5.41. The number of allylic oxidation sites excluding steroid dienone is 1. The second-order valence-corrected chi connectivity index (χ2v) is 7.94. The number of hydrogen-bond acceptors (Lipinski definition) is 4. The average molecular weight is 528 g/mol. The maximum absolute atomic E-state index is 13.1. The molecule has 4 nitrogen and oxygen atoms in total. The van der Waals surface area contributed by atoms with Crippen LogP contribution in [0.4, 0.5) is 26.3 Å². The van der Waals surface area contributed by atoms with E-state index in [1.165, 1.54) is 12.1 Å². The van der Waals surface area contributed by atoms with Gasteiger partial charge in [0.05, 0.1) is 24.3 Å². The van der Waals surface area contributed by atoms with Crippen molar-refractivity contribution in [3.05, 3.63) is 71.3 Å². The van der Waals surface area contributed by atoms with Crippen LogP contribution in [0.3, 0.4) is 0 Å². The Morgan fingerprint density at radius 1 is 0.919 bits per heavy atom. The Labute approximate surface area is 211 Å². The van der Waals surface area contributed by atoms with E-state index in [1.807, 2.05) is 0 Å². The molecule has 2 rings (SSSR count). The summed E-state index contributed by atoms with van der Waals surface area (Å²) in [7, 11) is 0. The van der Waals surface area contributed by atoms with E-state index in [4.69, 9.17) is 20.6 Å². The normalized spacial score (nSPS) is 11.5. The number of benzene rings is 2. The Morgan fingerprint density at radius 3 is 2.16 bits per heavy atom. The fourth-order valence-corrected chi connectivity index (χ4v) is 3.14. The summed E-state index contributed by atoms with van der Waals surface area (Å²) >= 11 is 0. The maximum Gasteiger partial charge on any atom is 0.416 e. The second kappa shape index (κ2) is 13.6. The lowest BCUT2D eigenvalue weighted by Crippen LogP contribution is -2.13. The molecular formula is C27H26F6O4. The number of carbonyl (C=O) groups excluding carboxylic acids is 1. The van der Waals surface area contributed by atoms with Gasteiger partial charge < -0.3 is 14.2 Å². The summed E-state index contributed by atoms with van der Waals surface area (Å²) in [6.07, 6.45) is 0.138. The largest absolute Gasteiger partial charge is 0.494 e. The van der Waals surface area contributed by atoms with Crippen LogP contribution in [-0.4, -0.2) is 19.2 Å². The van der Waals surface area contributed by atoms with E-state index in [0.29, 0.717) is 50.2 Å². The van der Waals surface area contributed by atoms with Crippen LogP contribution < -0.4 is 9.47 Å². The highest BCUT2D eigenvalue weighted by molar-refractivity contribution is 5.93. The van der Waals surface area contributed by atoms with Gasteiger partial charge in [0.25, 0.3) is 0 Å². The van der Waals surface area contributed by atoms with Crippen molar-refractivity contribution in [3.8, 4) is 23.8 Å². The third-order valence-electron chi connectivity index (χ3n) is 4.98. The van der Waals surface area contributed by atoms with E-state index in [1.54, 1.807) is 12.1 Å². The van der Waals surface area contributed by atoms with Gasteiger partial charge in [-0.05, 0) is 67.6 Å². The number of carbonyl (C=O) groups is 1. The third-order valence-corrected chi connectivity index (χ3v) is 4.98. The van der Waals surface area contributed by atoms with Crippen LogP contribution in [0.5, 0.6) is 11.5 Å². The van der Waals surface area contributed by atoms with Crippen LogP contribution in [0.1, 0.15) is 59.2 Å². The fourth-order valence-electron chi connectivity index (χ4n) is 3.14. The SMILES string of the molecule is C#CCCCCOc1ccc(OCCCC=C)c(C(=O)OCc2cc(C(F)(F)F)cc(C(F)(F)F)c2)c1. The Kier molecular flexibility index (Phi) is 10.9. The molecule has 0 amide bonds. The minimum absolute atomic E-state index is 0.00489. The molecule has 10 heteroatoms. The molecule has 0 radical (unpaired) electrons. The molecular weight excluding hydrogens is 502 g/mol. The second-order valence-electron chi connectivity index (χ2n) is 7.94. The summed E-state index contributed by atoms with van der Waals surface area (Å²) in [6.45, 7) is 3.34. The molecule has 0 aliphatic rings. The number of ether oxygens (including phenoxy) is 3. The molecule has 0 fully saturated rings. The molecule has 0 unspecified atom stereocenters. The van der Waals surface area contributed by atoms with Crippen molar-refractivity contribution >= 4 is 5.97 Å². The summed E-state index contributed by atoms with van der Waals surface area (Å²) in [5.74, 6) is 1.96. The highest BCUT2D eigenvalue weighted by Gasteiger charge is 2.37. The van der Waals surface area contributed by atoms with Crippen LogP contribution in [0, 0.1) is 12.3 Å². The lowest BCUT2D eigenvalue weighted by Gasteiger charge is -2.15. The van der Waals surface area contributed by atoms with Gasteiger partial charge in [-0.15, -0.1) is 18.9 Å². The molecule has 0 aliphatic carbocycles. The van der Waals surface area contributed by atoms with Crippen LogP contribution in [0.25, 0.3) is 0 Å². The highest BCUT2D eigenvalue weighted by atomic mass is 19.4. The van der Waals surface area contributed by atoms with Gasteiger partial charge in [-0.2, -0.15) is 26.3 Å². The van der Waals surface area contributed by atoms with Gasteiger partial charge in [0.2, 0.25) is 0 Å². The van der Waals surface area contributed by atoms with Gasteiger partial charge in [-0.3, -0.25) is 0 Å². The Bertz CT molecular complexity index is 1070. The van der Waals surface area contributed by atoms with Crippen molar-refractivity contribution in [2.45, 2.75) is 51.1 Å². The number of alkyl halides is 6. The zero-order valence-corrected chi connectivity index (χ0v) is 19.9. The first-order valence-corrected chi connectivity index (χ1v) is 11.3. The summed E-state index contributed by atoms with van der Waals surface area (Å²) < 4.78 is 95.0. The van der Waals surface area contributed by atoms with Crippen molar-refractivity contribution in [1.82, 2.24) is 0 Å². The molecule has 0 spiro atoms. The number of esters is 1. The van der Waals surface area contributed by atoms with Crippen molar-refractivity contribution < 1.29 is 45.3 Å². The van der Waals surface area contributed by atoms with Gasteiger partial charge >= 0.3 is 18.3 Å². The molecule has 37 heavy (non-hydrogen) atoms. The number of terminal acetylenes is 1. The quantitative estimate of drug-likeness (QED) is 0.0883. The molecule has 0 atom stereocenters. The zero-order chi connectivity index (χ0) is 27.5. The van der Waals surface area contributed by atoms with E-state index in [0.717, 1.165) is 6.42 Å². The molecule has 0 N–H and O–H groups in total. The van der Waals surface area contributed by atoms with Gasteiger partial charge in [0.1, 0.15) is 23.7 Å². The smallest absolute Gasteiger partial charge is 0.416 e. The monoisotopic (exact) mass is 528 g/mol. The predicted molar refractivity (Wildman–Crippen MR) is 125 cm³/mol. The maximum atomic E-state index is 13.1. The van der Waals surface area contributed by atoms with E-state index in [-0.39, 0.29) is 24.0 Å². The van der Waals surface area contributed by atoms with E-state index in [2.05, 4.69) is 12.5 Å². The van der Waals surface area contributed by atoms with Gasteiger partial charge in [-0.1, -0.05) is 6.08 Å². The number of halogens is 6. The molecule has 0 saturated carbocycles. The van der Waals surface area contributed by atoms with Crippen LogP contribution in [0.2, 0.25) is 0 Å². The molecule has 0 heterocycles. The summed E-state index contributed by atoms with van der Waals surface area (Å²) in [4.78, 5) is 12.8. The van der Waals surface area contributed by atoms with Crippen LogP contribution in [-0.2, 0) is 23.7 Å². The molecule has 0 aliphatic heterocycles. The van der Waals surface area contributed by atoms with E-state index in [9.17, 15) is 31.1 Å². The molecule has 200 valence electrons. The highest BCUT2D eigenvalue weighted by Crippen LogP contribution is 2.36. The first-order valence-electron chi connectivity index (χ1n) is 11.3. The fraction of sp³-hybridized carbons (Fsp3) is 0.370. The standard InChI is InChI=1S/C27H26F6O4/c1-3-5-7-9-12-35-22-10-11-24(36-13-8-6-4-2)23(17-22)25(34)37-18-19-14-20(26(28,29)30)16-21(15-19)27(31,32)33/h1,4,10-11,14-17H,2,5-9,12-13,18H2. The van der Waals surface area contributed by atoms with E-state index >= 15 is 0 Å². The Hall–Kier alpha value is -3.61. The predicted octanol–water partition coefficient (Wildman–Crippen LogP) is 7.61. The first kappa shape index (κ1) is 29.6. The van der Waals surface area contributed by atoms with Crippen LogP contribution >= 0.6 is 0 Å². The first-order chi connectivity index (χ1) is 17.5. The lowest BCUT2D eigenvalue weighted by molar-refractivity contribution is -0.143. The Morgan fingerprint density at radius 2 is 1.57 bits per heavy atom. The van der Waals surface area contributed by atoms with Crippen molar-refractivity contribution in [3.63, 3.8) is 0 Å². The zero-order valence-electron chi connectivity index (χ0n) is 19.9. The minimum Gasteiger partial charge on any atom is -0.494 e. The Balaban J connectivity index is 2.23. The number of unbranched alkanes of at least 4 members (excludes halogenated alkanes) is 3. The van der Waals surface area contributed by atoms with Crippen LogP contribution in [0.15, 0.2) is 49.1 Å². The lowest BCUT2D eigenvalue weighted by atomic mass is 10.1. The molecule has 0 aromatic heterocycles. The van der Waals surface area contributed by atoms with Gasteiger partial charge in [0.15, 0.2) is 0 Å². The van der Waals surface area contributed by atoms with Crippen molar-refractivity contribution in [2.24, 2.45) is 0 Å². The molecule has 0 saturated heterocycles.